The predicted octanol–water partition coefficient (Wildman–Crippen LogP) is 7.14. The van der Waals surface area contributed by atoms with Crippen LogP contribution in [0.2, 0.25) is 5.02 Å². The number of aromatic nitrogens is 1. The number of rotatable bonds is 6. The van der Waals surface area contributed by atoms with E-state index < -0.39 is 36.3 Å². The molecule has 2 aliphatic heterocycles. The number of alkyl halides is 3. The zero-order chi connectivity index (χ0) is 28.8. The molecule has 0 spiro atoms. The molecule has 3 aromatic rings. The summed E-state index contributed by atoms with van der Waals surface area (Å²) >= 11 is 11.7. The van der Waals surface area contributed by atoms with Crippen LogP contribution in [0.15, 0.2) is 62.8 Å². The highest BCUT2D eigenvalue weighted by atomic mass is 79.9. The van der Waals surface area contributed by atoms with Crippen LogP contribution in [0.4, 0.5) is 13.2 Å². The summed E-state index contributed by atoms with van der Waals surface area (Å²) in [5.41, 5.74) is 1.61. The minimum Gasteiger partial charge on any atom is -0.487 e. The number of unbranched alkanes of at least 4 members (excludes halogenated alkanes) is 1. The Hall–Kier alpha value is -2.63. The molecule has 12 heteroatoms. The van der Waals surface area contributed by atoms with Crippen molar-refractivity contribution in [3.05, 3.63) is 90.8 Å². The van der Waals surface area contributed by atoms with E-state index in [2.05, 4.69) is 15.9 Å². The average molecular weight is 657 g/mol. The lowest BCUT2D eigenvalue weighted by Crippen LogP contribution is -2.60. The Bertz CT molecular complexity index is 1520. The Kier molecular flexibility index (Phi) is 8.18. The van der Waals surface area contributed by atoms with Crippen LogP contribution in [0.3, 0.4) is 0 Å². The van der Waals surface area contributed by atoms with Gasteiger partial charge in [0.15, 0.2) is 11.4 Å². The van der Waals surface area contributed by atoms with Gasteiger partial charge in [0.05, 0.1) is 11.1 Å². The Labute approximate surface area is 247 Å². The van der Waals surface area contributed by atoms with Gasteiger partial charge in [-0.05, 0) is 52.5 Å². The van der Waals surface area contributed by atoms with E-state index in [4.69, 9.17) is 16.3 Å². The minimum absolute atomic E-state index is 0.119. The molecular formula is C28H26BrClF3N3O3S. The molecule has 1 amide bonds. The van der Waals surface area contributed by atoms with Gasteiger partial charge in [-0.25, -0.2) is 0 Å². The van der Waals surface area contributed by atoms with Crippen LogP contribution in [-0.4, -0.2) is 41.0 Å². The molecule has 0 saturated heterocycles. The molecule has 1 aromatic heterocycles. The molecule has 40 heavy (non-hydrogen) atoms. The molecule has 3 heterocycles. The molecule has 6 nitrogen and oxygen atoms in total. The topological polar surface area (TPSA) is 54.8 Å². The van der Waals surface area contributed by atoms with Gasteiger partial charge in [0.25, 0.3) is 5.91 Å². The number of carbonyl (C=O) groups is 1. The molecule has 0 bridgehead atoms. The highest BCUT2D eigenvalue weighted by Gasteiger charge is 2.48. The molecule has 212 valence electrons. The molecule has 0 unspecified atom stereocenters. The SMILES string of the molecule is CCCCOc1c2n(cc(Br)c1=O)N([C@@H]1c3ccccc3SCc3cccc(Cl)c31)CN([C@H](C)C(F)(F)F)C2=O. The summed E-state index contributed by atoms with van der Waals surface area (Å²) in [5.74, 6) is -0.620. The van der Waals surface area contributed by atoms with Crippen LogP contribution in [0.25, 0.3) is 0 Å². The quantitative estimate of drug-likeness (QED) is 0.264. The first kappa shape index (κ1) is 28.9. The van der Waals surface area contributed by atoms with E-state index in [1.165, 1.54) is 10.9 Å². The largest absolute Gasteiger partial charge is 0.487 e. The van der Waals surface area contributed by atoms with Crippen LogP contribution in [0, 0.1) is 0 Å². The van der Waals surface area contributed by atoms with Gasteiger partial charge in [0, 0.05) is 27.4 Å². The van der Waals surface area contributed by atoms with E-state index in [-0.39, 0.29) is 22.5 Å². The summed E-state index contributed by atoms with van der Waals surface area (Å²) < 4.78 is 49.7. The number of nitrogens with zero attached hydrogens (tertiary/aromatic N) is 3. The van der Waals surface area contributed by atoms with Gasteiger partial charge in [-0.2, -0.15) is 13.2 Å². The first-order chi connectivity index (χ1) is 19.0. The smallest absolute Gasteiger partial charge is 0.408 e. The Morgan fingerprint density at radius 3 is 2.65 bits per heavy atom. The molecule has 5 rings (SSSR count). The second kappa shape index (κ2) is 11.3. The predicted molar refractivity (Wildman–Crippen MR) is 153 cm³/mol. The number of hydrogen-bond donors (Lipinski definition) is 0. The van der Waals surface area contributed by atoms with E-state index in [1.54, 1.807) is 22.8 Å². The van der Waals surface area contributed by atoms with Gasteiger partial charge in [-0.1, -0.05) is 55.3 Å². The number of halogens is 5. The molecule has 0 radical (unpaired) electrons. The summed E-state index contributed by atoms with van der Waals surface area (Å²) in [6.45, 7) is 2.60. The van der Waals surface area contributed by atoms with E-state index in [0.29, 0.717) is 17.2 Å². The highest BCUT2D eigenvalue weighted by molar-refractivity contribution is 9.10. The van der Waals surface area contributed by atoms with Crippen LogP contribution < -0.4 is 15.2 Å². The second-order valence-electron chi connectivity index (χ2n) is 9.65. The third-order valence-electron chi connectivity index (χ3n) is 7.14. The fourth-order valence-corrected chi connectivity index (χ4v) is 6.73. The summed E-state index contributed by atoms with van der Waals surface area (Å²) in [4.78, 5) is 28.7. The maximum Gasteiger partial charge on any atom is 0.408 e. The standard InChI is InChI=1S/C28H26BrClF3N3O3S/c1-3-4-12-39-26-24-27(38)34(16(2)28(31,32)33)15-36(35(24)13-19(29)25(26)37)23-18-9-5-6-11-21(18)40-14-17-8-7-10-20(30)22(17)23/h5-11,13,16,23H,3-4,12,14-15H2,1-2H3/t16-,23-/m1/s1. The summed E-state index contributed by atoms with van der Waals surface area (Å²) in [5, 5.41) is 2.11. The number of carbonyl (C=O) groups excluding carboxylic acids is 1. The summed E-state index contributed by atoms with van der Waals surface area (Å²) in [6.07, 6.45) is -1.91. The van der Waals surface area contributed by atoms with Crippen molar-refractivity contribution in [2.75, 3.05) is 18.3 Å². The van der Waals surface area contributed by atoms with Gasteiger partial charge in [0.1, 0.15) is 18.8 Å². The number of fused-ring (bicyclic) bond motifs is 3. The lowest BCUT2D eigenvalue weighted by atomic mass is 9.94. The number of amides is 1. The van der Waals surface area contributed by atoms with Crippen molar-refractivity contribution >= 4 is 45.2 Å². The van der Waals surface area contributed by atoms with Gasteiger partial charge in [0.2, 0.25) is 5.43 Å². The first-order valence-electron chi connectivity index (χ1n) is 12.8. The Balaban J connectivity index is 1.81. The third-order valence-corrected chi connectivity index (χ3v) is 9.17. The molecular weight excluding hydrogens is 631 g/mol. The number of benzene rings is 2. The van der Waals surface area contributed by atoms with Crippen molar-refractivity contribution in [1.82, 2.24) is 9.58 Å². The van der Waals surface area contributed by atoms with Crippen LogP contribution in [0.1, 0.15) is 59.9 Å². The molecule has 2 aliphatic rings. The van der Waals surface area contributed by atoms with Crippen molar-refractivity contribution in [2.45, 2.75) is 55.6 Å². The summed E-state index contributed by atoms with van der Waals surface area (Å²) in [7, 11) is 0. The van der Waals surface area contributed by atoms with Gasteiger partial charge in [-0.15, -0.1) is 11.8 Å². The fraction of sp³-hybridized carbons (Fsp3) is 0.357. The van der Waals surface area contributed by atoms with Gasteiger partial charge in [-0.3, -0.25) is 19.3 Å². The lowest BCUT2D eigenvalue weighted by Gasteiger charge is -2.46. The molecule has 0 aliphatic carbocycles. The van der Waals surface area contributed by atoms with Crippen LogP contribution in [-0.2, 0) is 5.75 Å². The van der Waals surface area contributed by atoms with Gasteiger partial charge >= 0.3 is 6.18 Å². The van der Waals surface area contributed by atoms with Crippen molar-refractivity contribution in [1.29, 1.82) is 0 Å². The van der Waals surface area contributed by atoms with E-state index >= 15 is 0 Å². The maximum atomic E-state index is 14.1. The first-order valence-corrected chi connectivity index (χ1v) is 14.9. The van der Waals surface area contributed by atoms with Crippen molar-refractivity contribution < 1.29 is 22.7 Å². The molecule has 0 fully saturated rings. The zero-order valence-electron chi connectivity index (χ0n) is 21.7. The van der Waals surface area contributed by atoms with Crippen molar-refractivity contribution in [3.63, 3.8) is 0 Å². The minimum atomic E-state index is -4.70. The number of pyridine rings is 1. The number of thioether (sulfide) groups is 1. The molecule has 2 aromatic carbocycles. The Morgan fingerprint density at radius 2 is 1.93 bits per heavy atom. The normalized spacial score (nSPS) is 17.6. The number of ether oxygens (including phenoxy) is 1. The van der Waals surface area contributed by atoms with Crippen molar-refractivity contribution in [2.24, 2.45) is 0 Å². The fourth-order valence-electron chi connectivity index (χ4n) is 4.98. The van der Waals surface area contributed by atoms with Crippen molar-refractivity contribution in [3.8, 4) is 5.75 Å². The molecule has 0 N–H and O–H groups in total. The van der Waals surface area contributed by atoms with E-state index in [1.807, 2.05) is 43.3 Å². The van der Waals surface area contributed by atoms with Gasteiger partial charge < -0.3 is 9.64 Å². The highest BCUT2D eigenvalue weighted by Crippen LogP contribution is 2.46. The molecule has 2 atom stereocenters. The molecule has 0 saturated carbocycles. The second-order valence-corrected chi connectivity index (χ2v) is 11.9. The third kappa shape index (κ3) is 5.12. The maximum absolute atomic E-state index is 14.1. The Morgan fingerprint density at radius 1 is 1.18 bits per heavy atom. The number of hydrogen-bond acceptors (Lipinski definition) is 5. The summed E-state index contributed by atoms with van der Waals surface area (Å²) in [6, 6.07) is 10.4. The zero-order valence-corrected chi connectivity index (χ0v) is 24.8. The van der Waals surface area contributed by atoms with Crippen LogP contribution >= 0.6 is 39.3 Å². The monoisotopic (exact) mass is 655 g/mol. The average Bonchev–Trinajstić information content (AvgIpc) is 3.08. The van der Waals surface area contributed by atoms with E-state index in [9.17, 15) is 22.8 Å². The van der Waals surface area contributed by atoms with Crippen LogP contribution in [0.5, 0.6) is 5.75 Å². The lowest BCUT2D eigenvalue weighted by molar-refractivity contribution is -0.173. The van der Waals surface area contributed by atoms with E-state index in [0.717, 1.165) is 39.8 Å².